The molecule has 1 aliphatic rings. The molecule has 0 saturated heterocycles. The van der Waals surface area contributed by atoms with E-state index >= 15 is 0 Å². The zero-order valence-corrected chi connectivity index (χ0v) is 15.8. The lowest BCUT2D eigenvalue weighted by Crippen LogP contribution is -1.99. The Hall–Kier alpha value is -3.34. The fourth-order valence-electron chi connectivity index (χ4n) is 4.36. The molecule has 0 N–H and O–H groups in total. The van der Waals surface area contributed by atoms with Crippen LogP contribution in [0.3, 0.4) is 0 Å². The summed E-state index contributed by atoms with van der Waals surface area (Å²) in [5.41, 5.74) is 6.55. The highest BCUT2D eigenvalue weighted by molar-refractivity contribution is 5.87. The SMILES string of the molecule is COc1ccc(-c2cn3c(N=O)c(-c4ccccc4)c4c3n2CCCC4)cc1. The Bertz CT molecular complexity index is 1150. The van der Waals surface area contributed by atoms with Crippen molar-refractivity contribution in [2.24, 2.45) is 5.18 Å². The Kier molecular flexibility index (Phi) is 4.01. The number of rotatable bonds is 4. The van der Waals surface area contributed by atoms with Gasteiger partial charge < -0.3 is 9.30 Å². The van der Waals surface area contributed by atoms with Crippen LogP contribution >= 0.6 is 0 Å². The number of hydrogen-bond donors (Lipinski definition) is 0. The van der Waals surface area contributed by atoms with Gasteiger partial charge in [0, 0.05) is 23.9 Å². The van der Waals surface area contributed by atoms with E-state index in [1.807, 2.05) is 34.7 Å². The van der Waals surface area contributed by atoms with Crippen molar-refractivity contribution >= 4 is 11.5 Å². The van der Waals surface area contributed by atoms with Gasteiger partial charge in [-0.05, 0) is 59.8 Å². The van der Waals surface area contributed by atoms with Crippen molar-refractivity contribution in [3.8, 4) is 28.1 Å². The predicted molar refractivity (Wildman–Crippen MR) is 111 cm³/mol. The predicted octanol–water partition coefficient (Wildman–Crippen LogP) is 5.82. The minimum absolute atomic E-state index is 0.492. The Balaban J connectivity index is 1.79. The summed E-state index contributed by atoms with van der Waals surface area (Å²) >= 11 is 0. The molecule has 0 radical (unpaired) electrons. The van der Waals surface area contributed by atoms with Crippen LogP contribution in [0.25, 0.3) is 28.0 Å². The lowest BCUT2D eigenvalue weighted by atomic mass is 10.00. The van der Waals surface area contributed by atoms with Crippen LogP contribution in [0.1, 0.15) is 18.4 Å². The molecule has 0 bridgehead atoms. The van der Waals surface area contributed by atoms with Gasteiger partial charge in [0.15, 0.2) is 5.82 Å². The van der Waals surface area contributed by atoms with Gasteiger partial charge in [-0.25, -0.2) is 0 Å². The quantitative estimate of drug-likeness (QED) is 0.425. The van der Waals surface area contributed by atoms with Crippen molar-refractivity contribution in [2.75, 3.05) is 7.11 Å². The first-order chi connectivity index (χ1) is 13.8. The zero-order chi connectivity index (χ0) is 19.1. The van der Waals surface area contributed by atoms with Gasteiger partial charge in [0.25, 0.3) is 0 Å². The van der Waals surface area contributed by atoms with Crippen molar-refractivity contribution < 1.29 is 4.74 Å². The van der Waals surface area contributed by atoms with E-state index < -0.39 is 0 Å². The smallest absolute Gasteiger partial charge is 0.191 e. The maximum atomic E-state index is 11.9. The molecule has 5 nitrogen and oxygen atoms in total. The normalized spacial score (nSPS) is 13.5. The number of nitroso groups, excluding NO2 is 1. The van der Waals surface area contributed by atoms with Crippen LogP contribution in [0.15, 0.2) is 66.0 Å². The number of benzene rings is 2. The molecular formula is C23H21N3O2. The van der Waals surface area contributed by atoms with Crippen molar-refractivity contribution in [3.63, 3.8) is 0 Å². The summed E-state index contributed by atoms with van der Waals surface area (Å²) in [6, 6.07) is 18.2. The van der Waals surface area contributed by atoms with E-state index in [9.17, 15) is 4.91 Å². The van der Waals surface area contributed by atoms with Gasteiger partial charge in [0.2, 0.25) is 0 Å². The number of methoxy groups -OCH3 is 1. The second-order valence-electron chi connectivity index (χ2n) is 7.18. The minimum atomic E-state index is 0.492. The first-order valence-corrected chi connectivity index (χ1v) is 9.61. The molecule has 3 heterocycles. The first kappa shape index (κ1) is 16.8. The molecule has 0 atom stereocenters. The average molecular weight is 371 g/mol. The van der Waals surface area contributed by atoms with E-state index in [1.54, 1.807) is 7.11 Å². The lowest BCUT2D eigenvalue weighted by molar-refractivity contribution is 0.415. The van der Waals surface area contributed by atoms with Crippen LogP contribution in [0.4, 0.5) is 5.82 Å². The highest BCUT2D eigenvalue weighted by atomic mass is 16.5. The molecule has 2 aromatic heterocycles. The van der Waals surface area contributed by atoms with Crippen LogP contribution in [0.5, 0.6) is 5.75 Å². The Labute approximate surface area is 163 Å². The fourth-order valence-corrected chi connectivity index (χ4v) is 4.36. The third kappa shape index (κ3) is 2.47. The number of aryl methyl sites for hydroxylation is 2. The van der Waals surface area contributed by atoms with Gasteiger partial charge >= 0.3 is 0 Å². The summed E-state index contributed by atoms with van der Waals surface area (Å²) in [4.78, 5) is 11.9. The number of hydrogen-bond acceptors (Lipinski definition) is 3. The van der Waals surface area contributed by atoms with Crippen LogP contribution in [0, 0.1) is 4.91 Å². The second-order valence-corrected chi connectivity index (χ2v) is 7.18. The molecule has 1 aliphatic heterocycles. The van der Waals surface area contributed by atoms with Crippen molar-refractivity contribution in [3.05, 3.63) is 71.3 Å². The van der Waals surface area contributed by atoms with E-state index in [2.05, 4.69) is 40.2 Å². The first-order valence-electron chi connectivity index (χ1n) is 9.61. The van der Waals surface area contributed by atoms with Gasteiger partial charge in [-0.2, -0.15) is 0 Å². The molecule has 5 heteroatoms. The molecule has 0 amide bonds. The number of ether oxygens (including phenoxy) is 1. The van der Waals surface area contributed by atoms with Crippen LogP contribution < -0.4 is 4.74 Å². The monoisotopic (exact) mass is 371 g/mol. The molecular weight excluding hydrogens is 350 g/mol. The summed E-state index contributed by atoms with van der Waals surface area (Å²) < 4.78 is 9.61. The number of aromatic nitrogens is 2. The van der Waals surface area contributed by atoms with Crippen molar-refractivity contribution in [2.45, 2.75) is 25.8 Å². The highest BCUT2D eigenvalue weighted by Crippen LogP contribution is 2.43. The van der Waals surface area contributed by atoms with Gasteiger partial charge in [-0.15, -0.1) is 4.91 Å². The van der Waals surface area contributed by atoms with Gasteiger partial charge in [-0.1, -0.05) is 30.3 Å². The number of nitrogens with zero attached hydrogens (tertiary/aromatic N) is 3. The van der Waals surface area contributed by atoms with E-state index in [-0.39, 0.29) is 0 Å². The van der Waals surface area contributed by atoms with Crippen LogP contribution in [-0.2, 0) is 13.0 Å². The third-order valence-corrected chi connectivity index (χ3v) is 5.64. The molecule has 4 aromatic rings. The summed E-state index contributed by atoms with van der Waals surface area (Å²) in [6.45, 7) is 0.932. The van der Waals surface area contributed by atoms with Gasteiger partial charge in [0.1, 0.15) is 11.4 Å². The highest BCUT2D eigenvalue weighted by Gasteiger charge is 2.26. The molecule has 0 unspecified atom stereocenters. The van der Waals surface area contributed by atoms with Crippen molar-refractivity contribution in [1.82, 2.24) is 8.97 Å². The standard InChI is InChI=1S/C23H21N3O2/c1-28-18-12-10-16(11-13-18)20-15-26-22(24-27)21(17-7-3-2-4-8-17)19-9-5-6-14-25(20)23(19)26/h2-4,7-8,10-13,15H,5-6,9,14H2,1H3. The molecule has 0 saturated carbocycles. The zero-order valence-electron chi connectivity index (χ0n) is 15.8. The minimum Gasteiger partial charge on any atom is -0.497 e. The topological polar surface area (TPSA) is 48.0 Å². The maximum Gasteiger partial charge on any atom is 0.191 e. The van der Waals surface area contributed by atoms with Crippen molar-refractivity contribution in [1.29, 1.82) is 0 Å². The van der Waals surface area contributed by atoms with Crippen LogP contribution in [-0.4, -0.2) is 16.1 Å². The lowest BCUT2D eigenvalue weighted by Gasteiger charge is -2.09. The average Bonchev–Trinajstić information content (AvgIpc) is 3.17. The Morgan fingerprint density at radius 2 is 1.75 bits per heavy atom. The Morgan fingerprint density at radius 1 is 0.964 bits per heavy atom. The second kappa shape index (κ2) is 6.68. The molecule has 5 rings (SSSR count). The van der Waals surface area contributed by atoms with E-state index in [4.69, 9.17) is 4.74 Å². The van der Waals surface area contributed by atoms with Crippen LogP contribution in [0.2, 0.25) is 0 Å². The Morgan fingerprint density at radius 3 is 2.46 bits per heavy atom. The molecule has 0 spiro atoms. The van der Waals surface area contributed by atoms with E-state index in [1.165, 1.54) is 5.56 Å². The molecule has 140 valence electrons. The fraction of sp³-hybridized carbons (Fsp3) is 0.217. The maximum absolute atomic E-state index is 11.9. The van der Waals surface area contributed by atoms with E-state index in [0.717, 1.165) is 59.6 Å². The summed E-state index contributed by atoms with van der Waals surface area (Å²) in [6.07, 6.45) is 5.21. The third-order valence-electron chi connectivity index (χ3n) is 5.64. The molecule has 0 fully saturated rings. The van der Waals surface area contributed by atoms with Gasteiger partial charge in [-0.3, -0.25) is 4.40 Å². The molecule has 2 aromatic carbocycles. The number of imidazole rings is 1. The summed E-state index contributed by atoms with van der Waals surface area (Å²) in [5, 5.41) is 3.46. The summed E-state index contributed by atoms with van der Waals surface area (Å²) in [7, 11) is 1.67. The van der Waals surface area contributed by atoms with E-state index in [0.29, 0.717) is 5.82 Å². The summed E-state index contributed by atoms with van der Waals surface area (Å²) in [5.74, 6) is 1.33. The largest absolute Gasteiger partial charge is 0.497 e. The molecule has 28 heavy (non-hydrogen) atoms. The van der Waals surface area contributed by atoms with Gasteiger partial charge in [0.05, 0.1) is 12.8 Å². The molecule has 0 aliphatic carbocycles.